The molecular weight excluding hydrogens is 352 g/mol. The Morgan fingerprint density at radius 1 is 1.00 bits per heavy atom. The molecule has 8 heteroatoms. The average molecular weight is 370 g/mol. The number of aromatic nitrogens is 2. The Bertz CT molecular complexity index is 1030. The Labute approximate surface area is 151 Å². The molecule has 2 aromatic carbocycles. The van der Waals surface area contributed by atoms with E-state index in [-0.39, 0.29) is 5.91 Å². The van der Waals surface area contributed by atoms with Crippen LogP contribution >= 0.6 is 0 Å². The fraction of sp³-hybridized carbons (Fsp3) is 0.111. The van der Waals surface area contributed by atoms with E-state index < -0.39 is 10.0 Å². The maximum absolute atomic E-state index is 12.5. The van der Waals surface area contributed by atoms with Gasteiger partial charge in [0.05, 0.1) is 29.4 Å². The minimum Gasteiger partial charge on any atom is -0.322 e. The summed E-state index contributed by atoms with van der Waals surface area (Å²) in [4.78, 5) is 12.5. The lowest BCUT2D eigenvalue weighted by Gasteiger charge is -2.08. The molecule has 1 aromatic heterocycles. The fourth-order valence-corrected chi connectivity index (χ4v) is 3.06. The molecule has 0 aliphatic heterocycles. The van der Waals surface area contributed by atoms with Crippen molar-refractivity contribution in [3.05, 3.63) is 72.1 Å². The molecule has 0 atom stereocenters. The summed E-state index contributed by atoms with van der Waals surface area (Å²) in [5.41, 5.74) is 3.05. The number of sulfonamides is 1. The SMILES string of the molecule is Cc1c(C(=O)Nc2ccc(NS(C)(=O)=O)cc2)cnn1-c1ccccc1. The van der Waals surface area contributed by atoms with Gasteiger partial charge in [-0.25, -0.2) is 13.1 Å². The number of anilines is 2. The molecule has 0 bridgehead atoms. The second-order valence-electron chi connectivity index (χ2n) is 5.80. The van der Waals surface area contributed by atoms with Crippen LogP contribution in [0.2, 0.25) is 0 Å². The van der Waals surface area contributed by atoms with Crippen molar-refractivity contribution in [3.8, 4) is 5.69 Å². The first-order valence-electron chi connectivity index (χ1n) is 7.83. The number of nitrogens with one attached hydrogen (secondary N) is 2. The molecule has 0 fully saturated rings. The molecule has 3 aromatic rings. The van der Waals surface area contributed by atoms with E-state index in [2.05, 4.69) is 15.1 Å². The van der Waals surface area contributed by atoms with E-state index in [1.54, 1.807) is 28.9 Å². The molecule has 26 heavy (non-hydrogen) atoms. The third-order valence-electron chi connectivity index (χ3n) is 3.70. The van der Waals surface area contributed by atoms with Crippen LogP contribution in [-0.2, 0) is 10.0 Å². The predicted octanol–water partition coefficient (Wildman–Crippen LogP) is 2.80. The van der Waals surface area contributed by atoms with Crippen molar-refractivity contribution in [1.82, 2.24) is 9.78 Å². The van der Waals surface area contributed by atoms with Gasteiger partial charge in [0, 0.05) is 11.4 Å². The Morgan fingerprint density at radius 2 is 1.62 bits per heavy atom. The number of hydrogen-bond donors (Lipinski definition) is 2. The summed E-state index contributed by atoms with van der Waals surface area (Å²) in [5, 5.41) is 7.07. The Hall–Kier alpha value is -3.13. The monoisotopic (exact) mass is 370 g/mol. The molecule has 2 N–H and O–H groups in total. The molecule has 0 radical (unpaired) electrons. The van der Waals surface area contributed by atoms with Crippen LogP contribution in [0.15, 0.2) is 60.8 Å². The van der Waals surface area contributed by atoms with Gasteiger partial charge < -0.3 is 5.32 Å². The highest BCUT2D eigenvalue weighted by atomic mass is 32.2. The Balaban J connectivity index is 1.76. The van der Waals surface area contributed by atoms with Crippen LogP contribution in [-0.4, -0.2) is 30.4 Å². The topological polar surface area (TPSA) is 93.1 Å². The van der Waals surface area contributed by atoms with Gasteiger partial charge in [-0.2, -0.15) is 5.10 Å². The van der Waals surface area contributed by atoms with Gasteiger partial charge in [-0.15, -0.1) is 0 Å². The van der Waals surface area contributed by atoms with Crippen molar-refractivity contribution in [2.45, 2.75) is 6.92 Å². The van der Waals surface area contributed by atoms with E-state index in [9.17, 15) is 13.2 Å². The van der Waals surface area contributed by atoms with Crippen LogP contribution in [0.25, 0.3) is 5.69 Å². The molecular formula is C18H18N4O3S. The number of amides is 1. The van der Waals surface area contributed by atoms with Gasteiger partial charge in [0.1, 0.15) is 0 Å². The van der Waals surface area contributed by atoms with Crippen molar-refractivity contribution in [3.63, 3.8) is 0 Å². The first kappa shape index (κ1) is 17.7. The molecule has 1 amide bonds. The normalized spacial score (nSPS) is 11.2. The minimum atomic E-state index is -3.33. The summed E-state index contributed by atoms with van der Waals surface area (Å²) in [6, 6.07) is 16.0. The third-order valence-corrected chi connectivity index (χ3v) is 4.31. The second-order valence-corrected chi connectivity index (χ2v) is 7.55. The molecule has 0 unspecified atom stereocenters. The molecule has 0 spiro atoms. The number of hydrogen-bond acceptors (Lipinski definition) is 4. The van der Waals surface area contributed by atoms with E-state index in [0.29, 0.717) is 16.9 Å². The number of carbonyl (C=O) groups excluding carboxylic acids is 1. The van der Waals surface area contributed by atoms with E-state index in [4.69, 9.17) is 0 Å². The molecule has 7 nitrogen and oxygen atoms in total. The quantitative estimate of drug-likeness (QED) is 0.722. The molecule has 0 aliphatic carbocycles. The smallest absolute Gasteiger partial charge is 0.259 e. The first-order valence-corrected chi connectivity index (χ1v) is 9.72. The third kappa shape index (κ3) is 4.09. The van der Waals surface area contributed by atoms with Crippen LogP contribution in [0, 0.1) is 6.92 Å². The number of carbonyl (C=O) groups is 1. The fourth-order valence-electron chi connectivity index (χ4n) is 2.50. The highest BCUT2D eigenvalue weighted by Gasteiger charge is 2.15. The van der Waals surface area contributed by atoms with Crippen molar-refractivity contribution in [1.29, 1.82) is 0 Å². The summed E-state index contributed by atoms with van der Waals surface area (Å²) >= 11 is 0. The minimum absolute atomic E-state index is 0.284. The standard InChI is InChI=1S/C18H18N4O3S/c1-13-17(12-19-22(13)16-6-4-3-5-7-16)18(23)20-14-8-10-15(11-9-14)21-26(2,24)25/h3-12,21H,1-2H3,(H,20,23). The maximum Gasteiger partial charge on any atom is 0.259 e. The van der Waals surface area contributed by atoms with Gasteiger partial charge >= 0.3 is 0 Å². The summed E-state index contributed by atoms with van der Waals surface area (Å²) in [6.45, 7) is 1.83. The number of benzene rings is 2. The van der Waals surface area contributed by atoms with Crippen LogP contribution < -0.4 is 10.0 Å². The summed E-state index contributed by atoms with van der Waals surface area (Å²) < 4.78 is 26.5. The predicted molar refractivity (Wildman–Crippen MR) is 101 cm³/mol. The van der Waals surface area contributed by atoms with Crippen LogP contribution in [0.3, 0.4) is 0 Å². The average Bonchev–Trinajstić information content (AvgIpc) is 2.98. The van der Waals surface area contributed by atoms with Crippen molar-refractivity contribution < 1.29 is 13.2 Å². The zero-order valence-corrected chi connectivity index (χ0v) is 15.1. The van der Waals surface area contributed by atoms with E-state index in [0.717, 1.165) is 17.6 Å². The van der Waals surface area contributed by atoms with Crippen molar-refractivity contribution in [2.24, 2.45) is 0 Å². The highest BCUT2D eigenvalue weighted by Crippen LogP contribution is 2.18. The maximum atomic E-state index is 12.5. The van der Waals surface area contributed by atoms with Crippen LogP contribution in [0.5, 0.6) is 0 Å². The van der Waals surface area contributed by atoms with Gasteiger partial charge in [-0.3, -0.25) is 9.52 Å². The second kappa shape index (κ2) is 7.01. The molecule has 0 saturated heterocycles. The van der Waals surface area contributed by atoms with E-state index in [1.807, 2.05) is 37.3 Å². The number of rotatable bonds is 5. The highest BCUT2D eigenvalue weighted by molar-refractivity contribution is 7.92. The van der Waals surface area contributed by atoms with Crippen molar-refractivity contribution in [2.75, 3.05) is 16.3 Å². The number of para-hydroxylation sites is 1. The lowest BCUT2D eigenvalue weighted by molar-refractivity contribution is 0.102. The van der Waals surface area contributed by atoms with Gasteiger partial charge in [0.2, 0.25) is 10.0 Å². The van der Waals surface area contributed by atoms with E-state index in [1.165, 1.54) is 6.20 Å². The summed E-state index contributed by atoms with van der Waals surface area (Å²) in [7, 11) is -3.33. The first-order chi connectivity index (χ1) is 12.3. The molecule has 134 valence electrons. The van der Waals surface area contributed by atoms with Gasteiger partial charge in [0.25, 0.3) is 5.91 Å². The van der Waals surface area contributed by atoms with Crippen LogP contribution in [0.1, 0.15) is 16.1 Å². The van der Waals surface area contributed by atoms with Crippen LogP contribution in [0.4, 0.5) is 11.4 Å². The van der Waals surface area contributed by atoms with Crippen molar-refractivity contribution >= 4 is 27.3 Å². The molecule has 0 saturated carbocycles. The zero-order valence-electron chi connectivity index (χ0n) is 14.3. The number of nitrogens with zero attached hydrogens (tertiary/aromatic N) is 2. The van der Waals surface area contributed by atoms with Gasteiger partial charge in [-0.05, 0) is 43.3 Å². The Morgan fingerprint density at radius 3 is 2.23 bits per heavy atom. The lowest BCUT2D eigenvalue weighted by Crippen LogP contribution is -2.13. The molecule has 3 rings (SSSR count). The summed E-state index contributed by atoms with van der Waals surface area (Å²) in [5.74, 6) is -0.284. The summed E-state index contributed by atoms with van der Waals surface area (Å²) in [6.07, 6.45) is 2.60. The Kier molecular flexibility index (Phi) is 4.77. The van der Waals surface area contributed by atoms with E-state index >= 15 is 0 Å². The lowest BCUT2D eigenvalue weighted by atomic mass is 10.2. The molecule has 1 heterocycles. The molecule has 0 aliphatic rings. The van der Waals surface area contributed by atoms with Gasteiger partial charge in [-0.1, -0.05) is 18.2 Å². The largest absolute Gasteiger partial charge is 0.322 e. The zero-order chi connectivity index (χ0) is 18.7. The van der Waals surface area contributed by atoms with Gasteiger partial charge in [0.15, 0.2) is 0 Å².